The first-order chi connectivity index (χ1) is 9.19. The van der Waals surface area contributed by atoms with Crippen molar-refractivity contribution in [3.63, 3.8) is 0 Å². The number of rotatable bonds is 6. The zero-order valence-electron chi connectivity index (χ0n) is 11.1. The number of hydrogen-bond acceptors (Lipinski definition) is 5. The maximum absolute atomic E-state index is 5.82. The minimum atomic E-state index is 0.393. The molecular formula is C13H20BrN3O2. The molecule has 0 spiro atoms. The molecule has 1 saturated heterocycles. The van der Waals surface area contributed by atoms with E-state index < -0.39 is 0 Å². The van der Waals surface area contributed by atoms with Crippen molar-refractivity contribution in [2.75, 3.05) is 39.1 Å². The molecular weight excluding hydrogens is 310 g/mol. The number of aromatic nitrogens is 1. The molecule has 0 radical (unpaired) electrons. The normalized spacial score (nSPS) is 19.8. The first-order valence-electron chi connectivity index (χ1n) is 6.48. The Kier molecular flexibility index (Phi) is 5.42. The Hall–Kier alpha value is -0.850. The van der Waals surface area contributed by atoms with Crippen molar-refractivity contribution in [1.82, 2.24) is 9.88 Å². The van der Waals surface area contributed by atoms with E-state index in [-0.39, 0.29) is 0 Å². The molecule has 1 unspecified atom stereocenters. The number of nitrogen functional groups attached to an aromatic ring is 1. The number of methoxy groups -OCH3 is 1. The molecule has 0 amide bonds. The molecule has 1 atom stereocenters. The van der Waals surface area contributed by atoms with Crippen LogP contribution in [0.4, 0.5) is 5.69 Å². The van der Waals surface area contributed by atoms with Gasteiger partial charge in [0.1, 0.15) is 0 Å². The topological polar surface area (TPSA) is 60.6 Å². The summed E-state index contributed by atoms with van der Waals surface area (Å²) in [4.78, 5) is 6.54. The van der Waals surface area contributed by atoms with Gasteiger partial charge in [0.25, 0.3) is 0 Å². The highest BCUT2D eigenvalue weighted by molar-refractivity contribution is 9.10. The van der Waals surface area contributed by atoms with Crippen LogP contribution in [-0.4, -0.2) is 49.3 Å². The van der Waals surface area contributed by atoms with E-state index in [1.807, 2.05) is 0 Å². The third-order valence-corrected chi connectivity index (χ3v) is 3.70. The molecule has 1 aromatic rings. The Bertz CT molecular complexity index is 417. The molecule has 2 N–H and O–H groups in total. The first kappa shape index (κ1) is 14.6. The van der Waals surface area contributed by atoms with E-state index in [1.54, 1.807) is 19.4 Å². The van der Waals surface area contributed by atoms with Gasteiger partial charge in [0, 0.05) is 37.4 Å². The largest absolute Gasteiger partial charge is 0.476 e. The molecule has 0 bridgehead atoms. The highest BCUT2D eigenvalue weighted by atomic mass is 79.9. The van der Waals surface area contributed by atoms with E-state index in [4.69, 9.17) is 15.2 Å². The summed E-state index contributed by atoms with van der Waals surface area (Å²) in [5.74, 6) is 0.513. The minimum Gasteiger partial charge on any atom is -0.476 e. The minimum absolute atomic E-state index is 0.393. The van der Waals surface area contributed by atoms with E-state index in [0.29, 0.717) is 24.3 Å². The van der Waals surface area contributed by atoms with Gasteiger partial charge in [0.2, 0.25) is 5.88 Å². The Labute approximate surface area is 122 Å². The SMILES string of the molecule is COC1CCN(CCCOc2ncc(Br)cc2N)C1. The second kappa shape index (κ2) is 7.07. The van der Waals surface area contributed by atoms with E-state index >= 15 is 0 Å². The number of anilines is 1. The van der Waals surface area contributed by atoms with E-state index in [1.165, 1.54) is 0 Å². The summed E-state index contributed by atoms with van der Waals surface area (Å²) in [6.07, 6.45) is 4.17. The van der Waals surface area contributed by atoms with Crippen LogP contribution in [0.15, 0.2) is 16.7 Å². The van der Waals surface area contributed by atoms with Gasteiger partial charge in [-0.15, -0.1) is 0 Å². The summed E-state index contributed by atoms with van der Waals surface area (Å²) in [7, 11) is 1.78. The molecule has 0 aliphatic carbocycles. The fraction of sp³-hybridized carbons (Fsp3) is 0.615. The summed E-state index contributed by atoms with van der Waals surface area (Å²) in [6.45, 7) is 3.79. The van der Waals surface area contributed by atoms with Crippen molar-refractivity contribution >= 4 is 21.6 Å². The third-order valence-electron chi connectivity index (χ3n) is 3.27. The lowest BCUT2D eigenvalue weighted by molar-refractivity contribution is 0.107. The number of ether oxygens (including phenoxy) is 2. The van der Waals surface area contributed by atoms with E-state index in [2.05, 4.69) is 25.8 Å². The second-order valence-electron chi connectivity index (χ2n) is 4.70. The molecule has 1 fully saturated rings. The fourth-order valence-corrected chi connectivity index (χ4v) is 2.56. The van der Waals surface area contributed by atoms with Crippen LogP contribution in [0.3, 0.4) is 0 Å². The van der Waals surface area contributed by atoms with Gasteiger partial charge >= 0.3 is 0 Å². The molecule has 6 heteroatoms. The highest BCUT2D eigenvalue weighted by Crippen LogP contribution is 2.22. The van der Waals surface area contributed by atoms with Crippen molar-refractivity contribution in [3.8, 4) is 5.88 Å². The maximum Gasteiger partial charge on any atom is 0.237 e. The molecule has 5 nitrogen and oxygen atoms in total. The zero-order valence-corrected chi connectivity index (χ0v) is 12.7. The standard InChI is InChI=1S/C13H20BrN3O2/c1-18-11-3-5-17(9-11)4-2-6-19-13-12(15)7-10(14)8-16-13/h7-8,11H,2-6,9,15H2,1H3. The maximum atomic E-state index is 5.82. The van der Waals surface area contributed by atoms with Crippen molar-refractivity contribution in [2.45, 2.75) is 18.9 Å². The second-order valence-corrected chi connectivity index (χ2v) is 5.61. The Balaban J connectivity index is 1.67. The van der Waals surface area contributed by atoms with Crippen molar-refractivity contribution < 1.29 is 9.47 Å². The molecule has 1 aliphatic rings. The predicted molar refractivity (Wildman–Crippen MR) is 78.3 cm³/mol. The Morgan fingerprint density at radius 1 is 1.58 bits per heavy atom. The predicted octanol–water partition coefficient (Wildman–Crippen LogP) is 1.92. The molecule has 0 aromatic carbocycles. The van der Waals surface area contributed by atoms with Gasteiger partial charge in [0.15, 0.2) is 0 Å². The molecule has 1 aliphatic heterocycles. The molecule has 1 aromatic heterocycles. The van der Waals surface area contributed by atoms with Crippen LogP contribution in [0.2, 0.25) is 0 Å². The molecule has 2 rings (SSSR count). The number of nitrogens with two attached hydrogens (primary N) is 1. The summed E-state index contributed by atoms with van der Waals surface area (Å²) >= 11 is 3.32. The summed E-state index contributed by atoms with van der Waals surface area (Å²) < 4.78 is 11.8. The number of hydrogen-bond donors (Lipinski definition) is 1. The van der Waals surface area contributed by atoms with Crippen LogP contribution in [0.5, 0.6) is 5.88 Å². The van der Waals surface area contributed by atoms with Crippen LogP contribution < -0.4 is 10.5 Å². The van der Waals surface area contributed by atoms with Crippen LogP contribution in [0.25, 0.3) is 0 Å². The van der Waals surface area contributed by atoms with Crippen LogP contribution >= 0.6 is 15.9 Å². The van der Waals surface area contributed by atoms with Crippen LogP contribution in [0, 0.1) is 0 Å². The average Bonchev–Trinajstić information content (AvgIpc) is 2.84. The smallest absolute Gasteiger partial charge is 0.237 e. The molecule has 19 heavy (non-hydrogen) atoms. The average molecular weight is 330 g/mol. The van der Waals surface area contributed by atoms with Gasteiger partial charge in [-0.2, -0.15) is 0 Å². The Morgan fingerprint density at radius 2 is 2.42 bits per heavy atom. The number of nitrogens with zero attached hydrogens (tertiary/aromatic N) is 2. The first-order valence-corrected chi connectivity index (χ1v) is 7.27. The van der Waals surface area contributed by atoms with Crippen LogP contribution in [-0.2, 0) is 4.74 Å². The van der Waals surface area contributed by atoms with E-state index in [0.717, 1.165) is 36.9 Å². The highest BCUT2D eigenvalue weighted by Gasteiger charge is 2.21. The zero-order chi connectivity index (χ0) is 13.7. The third kappa shape index (κ3) is 4.33. The Morgan fingerprint density at radius 3 is 3.11 bits per heavy atom. The summed E-state index contributed by atoms with van der Waals surface area (Å²) in [5, 5.41) is 0. The lowest BCUT2D eigenvalue weighted by Gasteiger charge is -2.15. The van der Waals surface area contributed by atoms with Crippen molar-refractivity contribution in [3.05, 3.63) is 16.7 Å². The fourth-order valence-electron chi connectivity index (χ4n) is 2.21. The van der Waals surface area contributed by atoms with Gasteiger partial charge in [-0.1, -0.05) is 0 Å². The lowest BCUT2D eigenvalue weighted by Crippen LogP contribution is -2.25. The summed E-state index contributed by atoms with van der Waals surface area (Å²) in [6, 6.07) is 1.80. The summed E-state index contributed by atoms with van der Waals surface area (Å²) in [5.41, 5.74) is 6.38. The van der Waals surface area contributed by atoms with Gasteiger partial charge < -0.3 is 20.1 Å². The van der Waals surface area contributed by atoms with Gasteiger partial charge in [-0.05, 0) is 34.8 Å². The van der Waals surface area contributed by atoms with Gasteiger partial charge in [-0.25, -0.2) is 4.98 Å². The molecule has 0 saturated carbocycles. The quantitative estimate of drug-likeness (QED) is 0.808. The lowest BCUT2D eigenvalue weighted by atomic mass is 10.3. The van der Waals surface area contributed by atoms with Gasteiger partial charge in [-0.3, -0.25) is 0 Å². The van der Waals surface area contributed by atoms with Crippen molar-refractivity contribution in [1.29, 1.82) is 0 Å². The number of likely N-dealkylation sites (tertiary alicyclic amines) is 1. The van der Waals surface area contributed by atoms with Crippen LogP contribution in [0.1, 0.15) is 12.8 Å². The number of halogens is 1. The monoisotopic (exact) mass is 329 g/mol. The number of pyridine rings is 1. The van der Waals surface area contributed by atoms with E-state index in [9.17, 15) is 0 Å². The molecule has 2 heterocycles. The molecule has 106 valence electrons. The van der Waals surface area contributed by atoms with Gasteiger partial charge in [0.05, 0.1) is 18.4 Å². The van der Waals surface area contributed by atoms with Crippen molar-refractivity contribution in [2.24, 2.45) is 0 Å².